The standard InChI is InChI=1S/C10H14N2O5/c13-5-8-7(14)3-6(17-8)4-12-2-1-9(15)11-10(12)16/h1-2,6-8,13-14H,3-5H2,(H,11,15,16)/t6-,7+,8-/m1/s1. The molecule has 3 N–H and O–H groups in total. The van der Waals surface area contributed by atoms with Crippen molar-refractivity contribution in [2.75, 3.05) is 6.61 Å². The van der Waals surface area contributed by atoms with Gasteiger partial charge in [-0.15, -0.1) is 0 Å². The summed E-state index contributed by atoms with van der Waals surface area (Å²) in [6.45, 7) is -0.0125. The molecule has 0 amide bonds. The second kappa shape index (κ2) is 4.82. The second-order valence-corrected chi connectivity index (χ2v) is 4.04. The lowest BCUT2D eigenvalue weighted by molar-refractivity contribution is -0.0260. The van der Waals surface area contributed by atoms with Crippen LogP contribution in [0.25, 0.3) is 0 Å². The number of aromatic nitrogens is 2. The Morgan fingerprint density at radius 2 is 2.29 bits per heavy atom. The molecule has 1 fully saturated rings. The van der Waals surface area contributed by atoms with Gasteiger partial charge in [0, 0.05) is 18.7 Å². The molecule has 94 valence electrons. The van der Waals surface area contributed by atoms with Crippen LogP contribution in [0.2, 0.25) is 0 Å². The summed E-state index contributed by atoms with van der Waals surface area (Å²) in [5, 5.41) is 18.4. The molecular formula is C10H14N2O5. The molecule has 3 atom stereocenters. The molecule has 0 aromatic carbocycles. The van der Waals surface area contributed by atoms with Gasteiger partial charge in [0.25, 0.3) is 5.56 Å². The Morgan fingerprint density at radius 3 is 2.88 bits per heavy atom. The summed E-state index contributed by atoms with van der Waals surface area (Å²) in [4.78, 5) is 24.4. The quantitative estimate of drug-likeness (QED) is 0.571. The normalized spacial score (nSPS) is 28.5. The minimum Gasteiger partial charge on any atom is -0.394 e. The SMILES string of the molecule is O=c1ccn(C[C@H]2C[C@H](O)[C@@H](CO)O2)c(=O)[nH]1. The van der Waals surface area contributed by atoms with Crippen LogP contribution in [0.15, 0.2) is 21.9 Å². The van der Waals surface area contributed by atoms with Crippen LogP contribution in [0, 0.1) is 0 Å². The van der Waals surface area contributed by atoms with Gasteiger partial charge < -0.3 is 14.9 Å². The van der Waals surface area contributed by atoms with E-state index in [-0.39, 0.29) is 19.3 Å². The number of aliphatic hydroxyl groups is 2. The lowest BCUT2D eigenvalue weighted by Gasteiger charge is -2.12. The third kappa shape index (κ3) is 2.63. The molecular weight excluding hydrogens is 228 g/mol. The first kappa shape index (κ1) is 12.0. The molecule has 2 rings (SSSR count). The molecule has 17 heavy (non-hydrogen) atoms. The summed E-state index contributed by atoms with van der Waals surface area (Å²) in [5.74, 6) is 0. The minimum absolute atomic E-state index is 0.239. The number of hydrogen-bond acceptors (Lipinski definition) is 5. The van der Waals surface area contributed by atoms with E-state index in [1.807, 2.05) is 0 Å². The van der Waals surface area contributed by atoms with Crippen LogP contribution >= 0.6 is 0 Å². The zero-order valence-electron chi connectivity index (χ0n) is 9.07. The van der Waals surface area contributed by atoms with Gasteiger partial charge in [0.2, 0.25) is 0 Å². The summed E-state index contributed by atoms with van der Waals surface area (Å²) >= 11 is 0. The van der Waals surface area contributed by atoms with Crippen molar-refractivity contribution in [3.63, 3.8) is 0 Å². The van der Waals surface area contributed by atoms with Crippen molar-refractivity contribution < 1.29 is 14.9 Å². The van der Waals surface area contributed by atoms with Gasteiger partial charge in [-0.25, -0.2) is 4.79 Å². The van der Waals surface area contributed by atoms with Gasteiger partial charge in [-0.3, -0.25) is 14.3 Å². The number of aliphatic hydroxyl groups excluding tert-OH is 2. The highest BCUT2D eigenvalue weighted by Crippen LogP contribution is 2.20. The van der Waals surface area contributed by atoms with Crippen molar-refractivity contribution in [1.82, 2.24) is 9.55 Å². The smallest absolute Gasteiger partial charge is 0.328 e. The molecule has 0 radical (unpaired) electrons. The van der Waals surface area contributed by atoms with Crippen molar-refractivity contribution in [3.8, 4) is 0 Å². The summed E-state index contributed by atoms with van der Waals surface area (Å²) in [7, 11) is 0. The van der Waals surface area contributed by atoms with Gasteiger partial charge >= 0.3 is 5.69 Å². The molecule has 0 unspecified atom stereocenters. The zero-order valence-corrected chi connectivity index (χ0v) is 9.07. The van der Waals surface area contributed by atoms with Crippen LogP contribution in [0.1, 0.15) is 6.42 Å². The molecule has 1 aliphatic heterocycles. The fraction of sp³-hybridized carbons (Fsp3) is 0.600. The Kier molecular flexibility index (Phi) is 3.41. The number of nitrogens with one attached hydrogen (secondary N) is 1. The first-order chi connectivity index (χ1) is 8.10. The molecule has 0 aliphatic carbocycles. The van der Waals surface area contributed by atoms with Crippen LogP contribution < -0.4 is 11.2 Å². The van der Waals surface area contributed by atoms with Crippen molar-refractivity contribution in [1.29, 1.82) is 0 Å². The predicted octanol–water partition coefficient (Wildman–Crippen LogP) is -1.95. The number of hydrogen-bond donors (Lipinski definition) is 3. The summed E-state index contributed by atoms with van der Waals surface area (Å²) in [6.07, 6.45) is 0.0765. The Balaban J connectivity index is 2.07. The van der Waals surface area contributed by atoms with Gasteiger partial charge in [0.05, 0.1) is 25.4 Å². The monoisotopic (exact) mass is 242 g/mol. The molecule has 1 aromatic heterocycles. The third-order valence-corrected chi connectivity index (χ3v) is 2.78. The van der Waals surface area contributed by atoms with Crippen molar-refractivity contribution >= 4 is 0 Å². The molecule has 2 heterocycles. The highest BCUT2D eigenvalue weighted by atomic mass is 16.5. The number of rotatable bonds is 3. The van der Waals surface area contributed by atoms with Crippen molar-refractivity contribution in [2.24, 2.45) is 0 Å². The maximum Gasteiger partial charge on any atom is 0.328 e. The number of ether oxygens (including phenoxy) is 1. The fourth-order valence-corrected chi connectivity index (χ4v) is 1.90. The van der Waals surface area contributed by atoms with Gasteiger partial charge in [-0.05, 0) is 0 Å². The molecule has 0 bridgehead atoms. The Labute approximate surface area is 96.3 Å². The first-order valence-electron chi connectivity index (χ1n) is 5.34. The third-order valence-electron chi connectivity index (χ3n) is 2.78. The summed E-state index contributed by atoms with van der Waals surface area (Å²) in [6, 6.07) is 1.25. The lowest BCUT2D eigenvalue weighted by atomic mass is 10.1. The Hall–Kier alpha value is -1.44. The summed E-state index contributed by atoms with van der Waals surface area (Å²) in [5.41, 5.74) is -0.963. The van der Waals surface area contributed by atoms with E-state index in [2.05, 4.69) is 4.98 Å². The van der Waals surface area contributed by atoms with Crippen molar-refractivity contribution in [3.05, 3.63) is 33.1 Å². The van der Waals surface area contributed by atoms with Gasteiger partial charge in [0.15, 0.2) is 0 Å². The molecule has 0 saturated carbocycles. The Bertz CT molecular complexity index is 494. The van der Waals surface area contributed by atoms with E-state index in [9.17, 15) is 14.7 Å². The average Bonchev–Trinajstić information content (AvgIpc) is 2.63. The van der Waals surface area contributed by atoms with E-state index in [1.54, 1.807) is 0 Å². The predicted molar refractivity (Wildman–Crippen MR) is 57.7 cm³/mol. The number of nitrogens with zero attached hydrogens (tertiary/aromatic N) is 1. The maximum absolute atomic E-state index is 11.4. The highest BCUT2D eigenvalue weighted by Gasteiger charge is 2.33. The lowest BCUT2D eigenvalue weighted by Crippen LogP contribution is -2.32. The maximum atomic E-state index is 11.4. The zero-order chi connectivity index (χ0) is 12.4. The van der Waals surface area contributed by atoms with Crippen molar-refractivity contribution in [2.45, 2.75) is 31.3 Å². The van der Waals surface area contributed by atoms with Gasteiger partial charge in [-0.2, -0.15) is 0 Å². The van der Waals surface area contributed by atoms with Crippen LogP contribution in [-0.4, -0.2) is 44.7 Å². The van der Waals surface area contributed by atoms with Crippen LogP contribution in [-0.2, 0) is 11.3 Å². The van der Waals surface area contributed by atoms with Crippen LogP contribution in [0.5, 0.6) is 0 Å². The fourth-order valence-electron chi connectivity index (χ4n) is 1.90. The molecule has 7 nitrogen and oxygen atoms in total. The second-order valence-electron chi connectivity index (χ2n) is 4.04. The van der Waals surface area contributed by atoms with Gasteiger partial charge in [-0.1, -0.05) is 0 Å². The minimum atomic E-state index is -0.719. The van der Waals surface area contributed by atoms with E-state index < -0.39 is 23.5 Å². The molecule has 1 aromatic rings. The van der Waals surface area contributed by atoms with Crippen LogP contribution in [0.4, 0.5) is 0 Å². The molecule has 1 saturated heterocycles. The van der Waals surface area contributed by atoms with E-state index >= 15 is 0 Å². The van der Waals surface area contributed by atoms with E-state index in [4.69, 9.17) is 9.84 Å². The molecule has 1 aliphatic rings. The Morgan fingerprint density at radius 1 is 1.53 bits per heavy atom. The van der Waals surface area contributed by atoms with Gasteiger partial charge in [0.1, 0.15) is 6.10 Å². The largest absolute Gasteiger partial charge is 0.394 e. The van der Waals surface area contributed by atoms with Crippen LogP contribution in [0.3, 0.4) is 0 Å². The topological polar surface area (TPSA) is 105 Å². The number of H-pyrrole nitrogens is 1. The van der Waals surface area contributed by atoms with E-state index in [0.717, 1.165) is 0 Å². The number of aromatic amines is 1. The van der Waals surface area contributed by atoms with E-state index in [0.29, 0.717) is 6.42 Å². The molecule has 7 heteroatoms. The first-order valence-corrected chi connectivity index (χ1v) is 5.34. The summed E-state index contributed by atoms with van der Waals surface area (Å²) < 4.78 is 6.66. The van der Waals surface area contributed by atoms with E-state index in [1.165, 1.54) is 16.8 Å². The molecule has 0 spiro atoms. The highest BCUT2D eigenvalue weighted by molar-refractivity contribution is 4.86. The average molecular weight is 242 g/mol.